The SMILES string of the molecule is CC(C)CNC(=O)CNC(=O)C1(CN)CC1. The second-order valence-electron chi connectivity index (χ2n) is 4.87. The van der Waals surface area contributed by atoms with E-state index in [1.807, 2.05) is 13.8 Å². The monoisotopic (exact) mass is 227 g/mol. The standard InChI is InChI=1S/C11H21N3O2/c1-8(2)5-13-9(15)6-14-10(16)11(7-12)3-4-11/h8H,3-7,12H2,1-2H3,(H,13,15)(H,14,16). The molecule has 0 bridgehead atoms. The van der Waals surface area contributed by atoms with Crippen LogP contribution in [0.5, 0.6) is 0 Å². The van der Waals surface area contributed by atoms with Gasteiger partial charge in [0.25, 0.3) is 0 Å². The topological polar surface area (TPSA) is 84.2 Å². The Bertz CT molecular complexity index is 272. The summed E-state index contributed by atoms with van der Waals surface area (Å²) in [6.45, 7) is 5.09. The quantitative estimate of drug-likeness (QED) is 0.578. The van der Waals surface area contributed by atoms with Gasteiger partial charge in [-0.2, -0.15) is 0 Å². The molecule has 1 aliphatic rings. The van der Waals surface area contributed by atoms with Crippen molar-refractivity contribution in [2.75, 3.05) is 19.6 Å². The van der Waals surface area contributed by atoms with Crippen LogP contribution in [0.2, 0.25) is 0 Å². The lowest BCUT2D eigenvalue weighted by Crippen LogP contribution is -2.43. The number of carbonyl (C=O) groups excluding carboxylic acids is 2. The van der Waals surface area contributed by atoms with E-state index in [-0.39, 0.29) is 23.8 Å². The molecule has 5 nitrogen and oxygen atoms in total. The molecule has 0 aromatic heterocycles. The van der Waals surface area contributed by atoms with Crippen molar-refractivity contribution < 1.29 is 9.59 Å². The van der Waals surface area contributed by atoms with E-state index >= 15 is 0 Å². The molecule has 92 valence electrons. The summed E-state index contributed by atoms with van der Waals surface area (Å²) in [5.41, 5.74) is 5.14. The van der Waals surface area contributed by atoms with Gasteiger partial charge in [-0.3, -0.25) is 9.59 Å². The molecule has 1 rings (SSSR count). The molecule has 0 unspecified atom stereocenters. The minimum Gasteiger partial charge on any atom is -0.354 e. The number of carbonyl (C=O) groups is 2. The third kappa shape index (κ3) is 3.48. The molecule has 4 N–H and O–H groups in total. The van der Waals surface area contributed by atoms with Gasteiger partial charge in [0.2, 0.25) is 11.8 Å². The van der Waals surface area contributed by atoms with Gasteiger partial charge in [-0.25, -0.2) is 0 Å². The number of nitrogens with one attached hydrogen (secondary N) is 2. The van der Waals surface area contributed by atoms with E-state index in [0.29, 0.717) is 19.0 Å². The van der Waals surface area contributed by atoms with Crippen LogP contribution >= 0.6 is 0 Å². The van der Waals surface area contributed by atoms with Crippen LogP contribution in [0.4, 0.5) is 0 Å². The Balaban J connectivity index is 2.19. The average Bonchev–Trinajstić information content (AvgIpc) is 3.03. The first-order valence-corrected chi connectivity index (χ1v) is 5.75. The van der Waals surface area contributed by atoms with Crippen LogP contribution in [0.15, 0.2) is 0 Å². The molecule has 0 atom stereocenters. The van der Waals surface area contributed by atoms with Gasteiger partial charge in [-0.05, 0) is 18.8 Å². The van der Waals surface area contributed by atoms with Crippen molar-refractivity contribution in [1.29, 1.82) is 0 Å². The van der Waals surface area contributed by atoms with E-state index in [1.54, 1.807) is 0 Å². The van der Waals surface area contributed by atoms with Crippen molar-refractivity contribution in [3.05, 3.63) is 0 Å². The van der Waals surface area contributed by atoms with Gasteiger partial charge in [0.05, 0.1) is 12.0 Å². The number of nitrogens with two attached hydrogens (primary N) is 1. The van der Waals surface area contributed by atoms with E-state index in [4.69, 9.17) is 5.73 Å². The molecule has 2 amide bonds. The Morgan fingerprint density at radius 2 is 1.94 bits per heavy atom. The first kappa shape index (κ1) is 13.0. The Morgan fingerprint density at radius 1 is 1.31 bits per heavy atom. The van der Waals surface area contributed by atoms with Crippen molar-refractivity contribution in [2.24, 2.45) is 17.1 Å². The summed E-state index contributed by atoms with van der Waals surface area (Å²) in [5.74, 6) is 0.183. The summed E-state index contributed by atoms with van der Waals surface area (Å²) < 4.78 is 0. The van der Waals surface area contributed by atoms with Crippen LogP contribution < -0.4 is 16.4 Å². The maximum Gasteiger partial charge on any atom is 0.239 e. The lowest BCUT2D eigenvalue weighted by Gasteiger charge is -2.13. The van der Waals surface area contributed by atoms with Gasteiger partial charge in [-0.15, -0.1) is 0 Å². The lowest BCUT2D eigenvalue weighted by molar-refractivity contribution is -0.129. The van der Waals surface area contributed by atoms with Gasteiger partial charge in [0, 0.05) is 13.1 Å². The maximum absolute atomic E-state index is 11.6. The summed E-state index contributed by atoms with van der Waals surface area (Å²) >= 11 is 0. The van der Waals surface area contributed by atoms with Crippen LogP contribution in [0.1, 0.15) is 26.7 Å². The highest BCUT2D eigenvalue weighted by molar-refractivity contribution is 5.89. The summed E-state index contributed by atoms with van der Waals surface area (Å²) in [7, 11) is 0. The van der Waals surface area contributed by atoms with Crippen LogP contribution in [0.25, 0.3) is 0 Å². The van der Waals surface area contributed by atoms with E-state index in [1.165, 1.54) is 0 Å². The molecular weight excluding hydrogens is 206 g/mol. The van der Waals surface area contributed by atoms with Gasteiger partial charge in [-0.1, -0.05) is 13.8 Å². The molecule has 1 aliphatic carbocycles. The molecule has 0 aromatic carbocycles. The largest absolute Gasteiger partial charge is 0.354 e. The fraction of sp³-hybridized carbons (Fsp3) is 0.818. The van der Waals surface area contributed by atoms with Gasteiger partial charge in [0.1, 0.15) is 0 Å². The molecular formula is C11H21N3O2. The predicted molar refractivity (Wildman–Crippen MR) is 61.6 cm³/mol. The zero-order chi connectivity index (χ0) is 12.2. The number of rotatable bonds is 6. The van der Waals surface area contributed by atoms with E-state index in [2.05, 4.69) is 10.6 Å². The van der Waals surface area contributed by atoms with Crippen LogP contribution in [0, 0.1) is 11.3 Å². The fourth-order valence-corrected chi connectivity index (χ4v) is 1.40. The summed E-state index contributed by atoms with van der Waals surface area (Å²) in [6.07, 6.45) is 1.67. The highest BCUT2D eigenvalue weighted by Gasteiger charge is 2.48. The van der Waals surface area contributed by atoms with Crippen molar-refractivity contribution in [3.8, 4) is 0 Å². The first-order valence-electron chi connectivity index (χ1n) is 5.75. The second kappa shape index (κ2) is 5.30. The molecule has 16 heavy (non-hydrogen) atoms. The van der Waals surface area contributed by atoms with Crippen LogP contribution in [-0.2, 0) is 9.59 Å². The molecule has 0 spiro atoms. The number of hydrogen-bond donors (Lipinski definition) is 3. The third-order valence-corrected chi connectivity index (χ3v) is 2.84. The van der Waals surface area contributed by atoms with Gasteiger partial charge in [0.15, 0.2) is 0 Å². The lowest BCUT2D eigenvalue weighted by atomic mass is 10.1. The third-order valence-electron chi connectivity index (χ3n) is 2.84. The smallest absolute Gasteiger partial charge is 0.239 e. The molecule has 0 heterocycles. The predicted octanol–water partition coefficient (Wildman–Crippen LogP) is -0.386. The van der Waals surface area contributed by atoms with Gasteiger partial charge < -0.3 is 16.4 Å². The molecule has 0 saturated heterocycles. The molecule has 1 saturated carbocycles. The summed E-state index contributed by atoms with van der Waals surface area (Å²) in [6, 6.07) is 0. The Kier molecular flexibility index (Phi) is 4.29. The fourth-order valence-electron chi connectivity index (χ4n) is 1.40. The van der Waals surface area contributed by atoms with Crippen molar-refractivity contribution in [3.63, 3.8) is 0 Å². The normalized spacial score (nSPS) is 17.0. The Morgan fingerprint density at radius 3 is 2.38 bits per heavy atom. The Hall–Kier alpha value is -1.10. The van der Waals surface area contributed by atoms with E-state index in [9.17, 15) is 9.59 Å². The highest BCUT2D eigenvalue weighted by atomic mass is 16.2. The Labute approximate surface area is 96.1 Å². The average molecular weight is 227 g/mol. The molecule has 5 heteroatoms. The van der Waals surface area contributed by atoms with Crippen molar-refractivity contribution in [1.82, 2.24) is 10.6 Å². The maximum atomic E-state index is 11.6. The van der Waals surface area contributed by atoms with E-state index < -0.39 is 0 Å². The minimum absolute atomic E-state index is 0.0489. The zero-order valence-electron chi connectivity index (χ0n) is 10.0. The molecule has 1 fully saturated rings. The number of hydrogen-bond acceptors (Lipinski definition) is 3. The van der Waals surface area contributed by atoms with E-state index in [0.717, 1.165) is 12.8 Å². The molecule has 0 aliphatic heterocycles. The summed E-state index contributed by atoms with van der Waals surface area (Å²) in [4.78, 5) is 23.0. The zero-order valence-corrected chi connectivity index (χ0v) is 10.0. The highest BCUT2D eigenvalue weighted by Crippen LogP contribution is 2.44. The number of amides is 2. The second-order valence-corrected chi connectivity index (χ2v) is 4.87. The van der Waals surface area contributed by atoms with Crippen LogP contribution in [0.3, 0.4) is 0 Å². The summed E-state index contributed by atoms with van der Waals surface area (Å²) in [5, 5.41) is 5.37. The molecule has 0 radical (unpaired) electrons. The minimum atomic E-state index is -0.377. The van der Waals surface area contributed by atoms with Gasteiger partial charge >= 0.3 is 0 Å². The molecule has 0 aromatic rings. The van der Waals surface area contributed by atoms with Crippen molar-refractivity contribution >= 4 is 11.8 Å². The first-order chi connectivity index (χ1) is 7.50. The van der Waals surface area contributed by atoms with Crippen LogP contribution in [-0.4, -0.2) is 31.4 Å². The van der Waals surface area contributed by atoms with Crippen molar-refractivity contribution in [2.45, 2.75) is 26.7 Å².